The Hall–Kier alpha value is -3.40. The maximum atomic E-state index is 12.5. The summed E-state index contributed by atoms with van der Waals surface area (Å²) in [7, 11) is 1.50. The van der Waals surface area contributed by atoms with Gasteiger partial charge in [0.05, 0.1) is 31.1 Å². The van der Waals surface area contributed by atoms with Crippen LogP contribution in [-0.2, 0) is 16.1 Å². The van der Waals surface area contributed by atoms with Crippen LogP contribution in [0.3, 0.4) is 0 Å². The number of imidazole rings is 1. The van der Waals surface area contributed by atoms with E-state index in [-0.39, 0.29) is 24.2 Å². The van der Waals surface area contributed by atoms with Crippen molar-refractivity contribution in [3.05, 3.63) is 48.5 Å². The molecule has 1 aromatic heterocycles. The van der Waals surface area contributed by atoms with Crippen LogP contribution >= 0.6 is 0 Å². The molecule has 168 valence electrons. The van der Waals surface area contributed by atoms with E-state index in [1.165, 1.54) is 7.11 Å². The van der Waals surface area contributed by atoms with Gasteiger partial charge in [-0.2, -0.15) is 0 Å². The van der Waals surface area contributed by atoms with Crippen LogP contribution < -0.4 is 15.4 Å². The molecule has 10 nitrogen and oxygen atoms in total. The van der Waals surface area contributed by atoms with Gasteiger partial charge in [-0.3, -0.25) is 14.4 Å². The fourth-order valence-corrected chi connectivity index (χ4v) is 3.50. The Morgan fingerprint density at radius 2 is 2.06 bits per heavy atom. The normalized spacial score (nSPS) is 19.6. The van der Waals surface area contributed by atoms with Gasteiger partial charge in [-0.05, 0) is 31.4 Å². The monoisotopic (exact) mass is 432 g/mol. The van der Waals surface area contributed by atoms with E-state index in [0.717, 1.165) is 13.0 Å². The molecule has 1 heterocycles. The third-order valence-corrected chi connectivity index (χ3v) is 5.02. The highest BCUT2D eigenvalue weighted by Gasteiger charge is 2.37. The van der Waals surface area contributed by atoms with Crippen molar-refractivity contribution in [3.63, 3.8) is 0 Å². The third-order valence-electron chi connectivity index (χ3n) is 5.02. The first-order valence-corrected chi connectivity index (χ1v) is 9.93. The van der Waals surface area contributed by atoms with Crippen molar-refractivity contribution in [2.24, 2.45) is 5.92 Å². The minimum absolute atomic E-state index is 0.0845. The van der Waals surface area contributed by atoms with Gasteiger partial charge in [-0.15, -0.1) is 0 Å². The summed E-state index contributed by atoms with van der Waals surface area (Å²) in [6, 6.07) is 6.45. The van der Waals surface area contributed by atoms with Crippen molar-refractivity contribution in [2.75, 3.05) is 13.7 Å². The minimum Gasteiger partial charge on any atom is -0.496 e. The van der Waals surface area contributed by atoms with Gasteiger partial charge in [0.1, 0.15) is 5.75 Å². The van der Waals surface area contributed by atoms with Crippen LogP contribution in [0.25, 0.3) is 0 Å². The van der Waals surface area contributed by atoms with Crippen LogP contribution in [0.15, 0.2) is 43.0 Å². The fourth-order valence-electron chi connectivity index (χ4n) is 3.50. The highest BCUT2D eigenvalue weighted by Crippen LogP contribution is 2.27. The van der Waals surface area contributed by atoms with E-state index >= 15 is 0 Å². The van der Waals surface area contributed by atoms with Gasteiger partial charge in [-0.1, -0.05) is 12.1 Å². The van der Waals surface area contributed by atoms with Gasteiger partial charge >= 0.3 is 0 Å². The molecule has 1 aliphatic rings. The molecule has 2 aromatic rings. The molecule has 1 saturated carbocycles. The smallest absolute Gasteiger partial charge is 0.290 e. The molecular weight excluding hydrogens is 404 g/mol. The number of amides is 2. The number of nitrogens with one attached hydrogen (secondary N) is 2. The molecule has 0 aliphatic heterocycles. The van der Waals surface area contributed by atoms with Crippen LogP contribution in [0.2, 0.25) is 0 Å². The lowest BCUT2D eigenvalue weighted by Crippen LogP contribution is -2.40. The van der Waals surface area contributed by atoms with Crippen molar-refractivity contribution in [2.45, 2.75) is 38.0 Å². The Kier molecular flexibility index (Phi) is 9.50. The number of hydrogen-bond donors (Lipinski definition) is 4. The largest absolute Gasteiger partial charge is 0.496 e. The molecule has 0 radical (unpaired) electrons. The van der Waals surface area contributed by atoms with Gasteiger partial charge in [0.25, 0.3) is 12.4 Å². The van der Waals surface area contributed by atoms with Crippen LogP contribution in [-0.4, -0.2) is 63.9 Å². The number of nitrogens with zero attached hydrogens (tertiary/aromatic N) is 2. The van der Waals surface area contributed by atoms with Crippen molar-refractivity contribution >= 4 is 18.3 Å². The minimum atomic E-state index is -0.750. The SMILES string of the molecule is COc1ccccc1C(=O)N[C@H]1C[C@H](C(=O)NCCCn2ccnc2)C[C@@H]1O.O=CO. The van der Waals surface area contributed by atoms with Gasteiger partial charge in [-0.25, -0.2) is 4.98 Å². The molecular formula is C21H28N4O6. The second kappa shape index (κ2) is 12.3. The molecule has 2 amide bonds. The number of ether oxygens (including phenoxy) is 1. The summed E-state index contributed by atoms with van der Waals surface area (Å²) >= 11 is 0. The Morgan fingerprint density at radius 1 is 1.32 bits per heavy atom. The number of aryl methyl sites for hydroxylation is 1. The predicted octanol–water partition coefficient (Wildman–Crippen LogP) is 0.668. The molecule has 3 atom stereocenters. The van der Waals surface area contributed by atoms with Gasteiger partial charge in [0, 0.05) is 31.4 Å². The molecule has 10 heteroatoms. The first-order valence-electron chi connectivity index (χ1n) is 9.93. The lowest BCUT2D eigenvalue weighted by molar-refractivity contribution is -0.125. The second-order valence-corrected chi connectivity index (χ2v) is 7.07. The van der Waals surface area contributed by atoms with Gasteiger partial charge < -0.3 is 30.2 Å². The van der Waals surface area contributed by atoms with E-state index in [1.807, 2.05) is 10.8 Å². The Labute approximate surface area is 180 Å². The van der Waals surface area contributed by atoms with Gasteiger partial charge in [0.2, 0.25) is 5.91 Å². The highest BCUT2D eigenvalue weighted by molar-refractivity contribution is 5.97. The number of para-hydroxylation sites is 1. The van der Waals surface area contributed by atoms with Crippen molar-refractivity contribution < 1.29 is 29.3 Å². The lowest BCUT2D eigenvalue weighted by atomic mass is 10.1. The molecule has 1 aliphatic carbocycles. The number of carbonyl (C=O) groups is 3. The summed E-state index contributed by atoms with van der Waals surface area (Å²) in [4.78, 5) is 37.2. The quantitative estimate of drug-likeness (QED) is 0.355. The number of hydrogen-bond acceptors (Lipinski definition) is 6. The zero-order valence-electron chi connectivity index (χ0n) is 17.3. The first kappa shape index (κ1) is 23.9. The van der Waals surface area contributed by atoms with Crippen LogP contribution in [0.4, 0.5) is 0 Å². The standard InChI is InChI=1S/C20H26N4O4.CH2O2/c1-28-18-6-3-2-5-15(18)20(27)23-16-11-14(12-17(16)25)19(26)22-7-4-9-24-10-8-21-13-24;2-1-3/h2-3,5-6,8,10,13-14,16-17,25H,4,7,9,11-12H2,1H3,(H,22,26)(H,23,27);1H,(H,2,3)/t14-,16-,17-;/m0./s1. The van der Waals surface area contributed by atoms with E-state index in [1.54, 1.807) is 36.8 Å². The van der Waals surface area contributed by atoms with E-state index in [9.17, 15) is 14.7 Å². The van der Waals surface area contributed by atoms with E-state index in [0.29, 0.717) is 30.7 Å². The number of benzene rings is 1. The molecule has 31 heavy (non-hydrogen) atoms. The fraction of sp³-hybridized carbons (Fsp3) is 0.429. The topological polar surface area (TPSA) is 143 Å². The third kappa shape index (κ3) is 7.10. The maximum Gasteiger partial charge on any atom is 0.290 e. The summed E-state index contributed by atoms with van der Waals surface area (Å²) in [5.74, 6) is -0.243. The summed E-state index contributed by atoms with van der Waals surface area (Å²) in [5, 5.41) is 22.9. The molecule has 3 rings (SSSR count). The molecule has 0 unspecified atom stereocenters. The van der Waals surface area contributed by atoms with E-state index in [4.69, 9.17) is 14.6 Å². The molecule has 0 bridgehead atoms. The zero-order chi connectivity index (χ0) is 22.6. The maximum absolute atomic E-state index is 12.5. The zero-order valence-corrected chi connectivity index (χ0v) is 17.3. The summed E-state index contributed by atoms with van der Waals surface area (Å²) < 4.78 is 7.16. The van der Waals surface area contributed by atoms with Crippen LogP contribution in [0.5, 0.6) is 5.75 Å². The Balaban J connectivity index is 0.00000107. The van der Waals surface area contributed by atoms with Crippen molar-refractivity contribution in [3.8, 4) is 5.75 Å². The number of aromatic nitrogens is 2. The number of carbonyl (C=O) groups excluding carboxylic acids is 2. The number of methoxy groups -OCH3 is 1. The van der Waals surface area contributed by atoms with Crippen molar-refractivity contribution in [1.29, 1.82) is 0 Å². The molecule has 1 aromatic carbocycles. The van der Waals surface area contributed by atoms with Crippen LogP contribution in [0, 0.1) is 5.92 Å². The molecule has 4 N–H and O–H groups in total. The Bertz CT molecular complexity index is 842. The average molecular weight is 432 g/mol. The number of carboxylic acid groups (broad SMARTS) is 1. The molecule has 0 spiro atoms. The van der Waals surface area contributed by atoms with Gasteiger partial charge in [0.15, 0.2) is 0 Å². The number of aliphatic hydroxyl groups excluding tert-OH is 1. The molecule has 1 fully saturated rings. The first-order chi connectivity index (χ1) is 15.0. The lowest BCUT2D eigenvalue weighted by Gasteiger charge is -2.17. The van der Waals surface area contributed by atoms with E-state index < -0.39 is 12.1 Å². The highest BCUT2D eigenvalue weighted by atomic mass is 16.5. The van der Waals surface area contributed by atoms with Crippen molar-refractivity contribution in [1.82, 2.24) is 20.2 Å². The second-order valence-electron chi connectivity index (χ2n) is 7.07. The average Bonchev–Trinajstić information content (AvgIpc) is 3.41. The summed E-state index contributed by atoms with van der Waals surface area (Å²) in [5.41, 5.74) is 0.407. The number of aliphatic hydroxyl groups is 1. The molecule has 0 saturated heterocycles. The van der Waals surface area contributed by atoms with Crippen LogP contribution in [0.1, 0.15) is 29.6 Å². The van der Waals surface area contributed by atoms with E-state index in [2.05, 4.69) is 15.6 Å². The number of rotatable bonds is 8. The predicted molar refractivity (Wildman–Crippen MR) is 112 cm³/mol. The summed E-state index contributed by atoms with van der Waals surface area (Å²) in [6.45, 7) is 1.09. The summed E-state index contributed by atoms with van der Waals surface area (Å²) in [6.07, 6.45) is 6.14. The Morgan fingerprint density at radius 3 is 2.74 bits per heavy atom.